The summed E-state index contributed by atoms with van der Waals surface area (Å²) in [6.45, 7) is 4.15. The fraction of sp³-hybridized carbons (Fsp3) is 0.364. The molecule has 0 fully saturated rings. The molecule has 0 unspecified atom stereocenters. The van der Waals surface area contributed by atoms with E-state index in [1.54, 1.807) is 18.2 Å². The Labute approximate surface area is 103 Å². The molecule has 0 bridgehead atoms. The van der Waals surface area contributed by atoms with Gasteiger partial charge in [-0.05, 0) is 28.1 Å². The number of benzene rings is 1. The van der Waals surface area contributed by atoms with Gasteiger partial charge < -0.3 is 15.7 Å². The summed E-state index contributed by atoms with van der Waals surface area (Å²) in [5.74, 6) is -0.137. The molecular formula is C11H15BrN2O2. The van der Waals surface area contributed by atoms with E-state index in [1.807, 2.05) is 13.8 Å². The third-order valence-electron chi connectivity index (χ3n) is 1.93. The third-order valence-corrected chi connectivity index (χ3v) is 2.57. The van der Waals surface area contributed by atoms with Crippen molar-refractivity contribution in [1.29, 1.82) is 0 Å². The lowest BCUT2D eigenvalue weighted by Gasteiger charge is -2.10. The van der Waals surface area contributed by atoms with Crippen molar-refractivity contribution in [2.24, 2.45) is 0 Å². The van der Waals surface area contributed by atoms with Gasteiger partial charge >= 0.3 is 0 Å². The summed E-state index contributed by atoms with van der Waals surface area (Å²) in [7, 11) is 0. The molecule has 0 saturated carbocycles. The Bertz CT molecular complexity index is 380. The predicted octanol–water partition coefficient (Wildman–Crippen LogP) is 2.09. The van der Waals surface area contributed by atoms with E-state index in [0.717, 1.165) is 0 Å². The normalized spacial score (nSPS) is 10.5. The fourth-order valence-corrected chi connectivity index (χ4v) is 1.47. The Hall–Kier alpha value is -1.07. The van der Waals surface area contributed by atoms with Gasteiger partial charge in [-0.2, -0.15) is 0 Å². The summed E-state index contributed by atoms with van der Waals surface area (Å²) in [6, 6.07) is 5.35. The summed E-state index contributed by atoms with van der Waals surface area (Å²) in [5.41, 5.74) is 0.407. The van der Waals surface area contributed by atoms with E-state index in [2.05, 4.69) is 26.6 Å². The van der Waals surface area contributed by atoms with E-state index >= 15 is 0 Å². The monoisotopic (exact) mass is 286 g/mol. The number of phenolic OH excluding ortho intramolecular Hbond substituents is 1. The molecule has 88 valence electrons. The van der Waals surface area contributed by atoms with Crippen LogP contribution in [-0.2, 0) is 4.79 Å². The maximum absolute atomic E-state index is 11.5. The fourth-order valence-electron chi connectivity index (χ4n) is 1.11. The highest BCUT2D eigenvalue weighted by Crippen LogP contribution is 2.31. The number of carbonyl (C=O) groups excluding carboxylic acids is 1. The highest BCUT2D eigenvalue weighted by Gasteiger charge is 2.08. The van der Waals surface area contributed by atoms with E-state index in [1.165, 1.54) is 0 Å². The van der Waals surface area contributed by atoms with Gasteiger partial charge in [-0.3, -0.25) is 4.79 Å². The topological polar surface area (TPSA) is 61.4 Å². The van der Waals surface area contributed by atoms with Crippen LogP contribution in [0.15, 0.2) is 22.7 Å². The van der Waals surface area contributed by atoms with Crippen molar-refractivity contribution in [3.8, 4) is 5.75 Å². The summed E-state index contributed by atoms with van der Waals surface area (Å²) in [6.07, 6.45) is 0. The first-order chi connectivity index (χ1) is 7.50. The van der Waals surface area contributed by atoms with E-state index in [4.69, 9.17) is 0 Å². The van der Waals surface area contributed by atoms with Crippen LogP contribution < -0.4 is 10.6 Å². The van der Waals surface area contributed by atoms with E-state index in [0.29, 0.717) is 10.2 Å². The van der Waals surface area contributed by atoms with Crippen molar-refractivity contribution in [2.75, 3.05) is 11.9 Å². The summed E-state index contributed by atoms with van der Waals surface area (Å²) < 4.78 is 0.558. The summed E-state index contributed by atoms with van der Waals surface area (Å²) >= 11 is 3.18. The molecule has 0 spiro atoms. The summed E-state index contributed by atoms with van der Waals surface area (Å²) in [5, 5.41) is 15.3. The second-order valence-corrected chi connectivity index (χ2v) is 4.57. The van der Waals surface area contributed by atoms with Gasteiger partial charge in [0.1, 0.15) is 0 Å². The zero-order chi connectivity index (χ0) is 12.1. The molecule has 1 amide bonds. The molecule has 0 heterocycles. The van der Waals surface area contributed by atoms with Crippen LogP contribution in [0.5, 0.6) is 5.75 Å². The smallest absolute Gasteiger partial charge is 0.238 e. The average Bonchev–Trinajstić information content (AvgIpc) is 2.22. The maximum Gasteiger partial charge on any atom is 0.238 e. The van der Waals surface area contributed by atoms with Crippen LogP contribution >= 0.6 is 15.9 Å². The van der Waals surface area contributed by atoms with Crippen LogP contribution in [0.2, 0.25) is 0 Å². The third kappa shape index (κ3) is 3.83. The van der Waals surface area contributed by atoms with Gasteiger partial charge in [-0.15, -0.1) is 0 Å². The minimum absolute atomic E-state index is 0.0420. The number of carbonyl (C=O) groups is 1. The number of hydrogen-bond acceptors (Lipinski definition) is 3. The van der Waals surface area contributed by atoms with Gasteiger partial charge in [-0.1, -0.05) is 19.9 Å². The average molecular weight is 287 g/mol. The molecule has 5 heteroatoms. The predicted molar refractivity (Wildman–Crippen MR) is 67.6 cm³/mol. The highest BCUT2D eigenvalue weighted by atomic mass is 79.9. The van der Waals surface area contributed by atoms with Gasteiger partial charge in [-0.25, -0.2) is 0 Å². The molecular weight excluding hydrogens is 272 g/mol. The highest BCUT2D eigenvalue weighted by molar-refractivity contribution is 9.10. The van der Waals surface area contributed by atoms with Gasteiger partial charge in [0.05, 0.1) is 16.7 Å². The molecule has 0 radical (unpaired) electrons. The number of phenols is 1. The van der Waals surface area contributed by atoms with Crippen LogP contribution in [0.4, 0.5) is 5.69 Å². The van der Waals surface area contributed by atoms with Crippen LogP contribution in [0.25, 0.3) is 0 Å². The molecule has 0 aliphatic carbocycles. The second kappa shape index (κ2) is 5.86. The zero-order valence-corrected chi connectivity index (χ0v) is 10.8. The lowest BCUT2D eigenvalue weighted by molar-refractivity contribution is -0.115. The standard InChI is InChI=1S/C11H15BrN2O2/c1-7(2)13-6-10(15)14-9-5-3-4-8(12)11(9)16/h3-5,7,13,16H,6H2,1-2H3,(H,14,15). The van der Waals surface area contributed by atoms with Crippen molar-refractivity contribution in [1.82, 2.24) is 5.32 Å². The van der Waals surface area contributed by atoms with Crippen molar-refractivity contribution in [3.05, 3.63) is 22.7 Å². The molecule has 3 N–H and O–H groups in total. The second-order valence-electron chi connectivity index (χ2n) is 3.72. The van der Waals surface area contributed by atoms with Gasteiger partial charge in [0.25, 0.3) is 0 Å². The largest absolute Gasteiger partial charge is 0.505 e. The molecule has 0 aromatic heterocycles. The lowest BCUT2D eigenvalue weighted by atomic mass is 10.3. The molecule has 0 aliphatic rings. The van der Waals surface area contributed by atoms with Crippen molar-refractivity contribution in [3.63, 3.8) is 0 Å². The Balaban J connectivity index is 2.59. The van der Waals surface area contributed by atoms with Crippen LogP contribution in [0.1, 0.15) is 13.8 Å². The Morgan fingerprint density at radius 3 is 2.81 bits per heavy atom. The number of amides is 1. The van der Waals surface area contributed by atoms with Gasteiger partial charge in [0.2, 0.25) is 5.91 Å². The summed E-state index contributed by atoms with van der Waals surface area (Å²) in [4.78, 5) is 11.5. The molecule has 1 aromatic carbocycles. The number of para-hydroxylation sites is 1. The first-order valence-electron chi connectivity index (χ1n) is 5.01. The molecule has 0 aliphatic heterocycles. The Morgan fingerprint density at radius 1 is 1.50 bits per heavy atom. The Morgan fingerprint density at radius 2 is 2.19 bits per heavy atom. The van der Waals surface area contributed by atoms with Crippen molar-refractivity contribution < 1.29 is 9.90 Å². The number of rotatable bonds is 4. The van der Waals surface area contributed by atoms with E-state index in [-0.39, 0.29) is 24.2 Å². The maximum atomic E-state index is 11.5. The number of aromatic hydroxyl groups is 1. The van der Waals surface area contributed by atoms with Crippen LogP contribution in [0, 0.1) is 0 Å². The van der Waals surface area contributed by atoms with E-state index < -0.39 is 0 Å². The minimum Gasteiger partial charge on any atom is -0.505 e. The Kier molecular flexibility index (Phi) is 4.76. The number of anilines is 1. The van der Waals surface area contributed by atoms with Gasteiger partial charge in [0, 0.05) is 6.04 Å². The zero-order valence-electron chi connectivity index (χ0n) is 9.25. The minimum atomic E-state index is -0.179. The number of hydrogen-bond donors (Lipinski definition) is 3. The molecule has 16 heavy (non-hydrogen) atoms. The molecule has 1 rings (SSSR count). The molecule has 0 saturated heterocycles. The lowest BCUT2D eigenvalue weighted by Crippen LogP contribution is -2.32. The first-order valence-corrected chi connectivity index (χ1v) is 5.80. The quantitative estimate of drug-likeness (QED) is 0.743. The molecule has 1 aromatic rings. The van der Waals surface area contributed by atoms with E-state index in [9.17, 15) is 9.90 Å². The van der Waals surface area contributed by atoms with Crippen molar-refractivity contribution in [2.45, 2.75) is 19.9 Å². The van der Waals surface area contributed by atoms with Crippen LogP contribution in [-0.4, -0.2) is 23.6 Å². The van der Waals surface area contributed by atoms with Gasteiger partial charge in [0.15, 0.2) is 5.75 Å². The SMILES string of the molecule is CC(C)NCC(=O)Nc1cccc(Br)c1O. The van der Waals surface area contributed by atoms with Crippen molar-refractivity contribution >= 4 is 27.5 Å². The molecule has 0 atom stereocenters. The first kappa shape index (κ1) is 13.0. The molecule has 4 nitrogen and oxygen atoms in total. The number of nitrogens with one attached hydrogen (secondary N) is 2. The number of halogens is 1. The van der Waals surface area contributed by atoms with Crippen LogP contribution in [0.3, 0.4) is 0 Å².